The number of hydrogen-bond donors (Lipinski definition) is 1. The molecule has 1 N–H and O–H groups in total. The minimum absolute atomic E-state index is 0.140. The third kappa shape index (κ3) is 10.1. The van der Waals surface area contributed by atoms with E-state index in [0.717, 1.165) is 133 Å². The van der Waals surface area contributed by atoms with E-state index in [1.54, 1.807) is 0 Å². The number of benzene rings is 3. The Bertz CT molecular complexity index is 2370. The molecular formula is C53H72N6O5. The molecule has 4 aliphatic rings. The Morgan fingerprint density at radius 1 is 0.641 bits per heavy atom. The van der Waals surface area contributed by atoms with Gasteiger partial charge in [0.2, 0.25) is 0 Å². The Morgan fingerprint density at radius 2 is 1.19 bits per heavy atom. The first-order chi connectivity index (χ1) is 31.0. The summed E-state index contributed by atoms with van der Waals surface area (Å²) in [7, 11) is 0. The lowest BCUT2D eigenvalue weighted by molar-refractivity contribution is 0.0141. The molecule has 2 fully saturated rings. The fourth-order valence-electron chi connectivity index (χ4n) is 10.4. The molecule has 11 heteroatoms. The largest absolute Gasteiger partial charge is 0.494 e. The van der Waals surface area contributed by atoms with Gasteiger partial charge >= 0.3 is 0 Å². The van der Waals surface area contributed by atoms with Crippen LogP contribution in [0.1, 0.15) is 123 Å². The van der Waals surface area contributed by atoms with Gasteiger partial charge in [0.1, 0.15) is 5.75 Å². The molecule has 2 saturated heterocycles. The zero-order valence-corrected chi connectivity index (χ0v) is 39.6. The lowest BCUT2D eigenvalue weighted by Gasteiger charge is -2.32. The number of aromatic nitrogens is 2. The molecule has 3 aromatic carbocycles. The van der Waals surface area contributed by atoms with Crippen molar-refractivity contribution in [1.29, 1.82) is 0 Å². The van der Waals surface area contributed by atoms with Gasteiger partial charge in [-0.15, -0.1) is 0 Å². The van der Waals surface area contributed by atoms with E-state index >= 15 is 0 Å². The number of amides is 2. The quantitative estimate of drug-likeness (QED) is 0.134. The summed E-state index contributed by atoms with van der Waals surface area (Å²) in [5.74, 6) is 1.20. The third-order valence-electron chi connectivity index (χ3n) is 14.1. The Hall–Kier alpha value is -4.68. The van der Waals surface area contributed by atoms with Crippen LogP contribution in [0.5, 0.6) is 5.75 Å². The Balaban J connectivity index is 0.000000184. The maximum Gasteiger partial charge on any atom is 0.253 e. The summed E-state index contributed by atoms with van der Waals surface area (Å²) in [5, 5.41) is 2.44. The fraction of sp³-hybridized carbons (Fsp3) is 0.547. The summed E-state index contributed by atoms with van der Waals surface area (Å²) in [6, 6.07) is 22.0. The van der Waals surface area contributed by atoms with E-state index in [2.05, 4.69) is 95.6 Å². The van der Waals surface area contributed by atoms with Gasteiger partial charge in [-0.2, -0.15) is 0 Å². The van der Waals surface area contributed by atoms with Crippen LogP contribution in [0.2, 0.25) is 0 Å². The first-order valence-corrected chi connectivity index (χ1v) is 24.3. The van der Waals surface area contributed by atoms with Crippen molar-refractivity contribution in [3.05, 3.63) is 99.9 Å². The second-order valence-corrected chi connectivity index (χ2v) is 18.7. The van der Waals surface area contributed by atoms with E-state index in [4.69, 9.17) is 14.2 Å². The second kappa shape index (κ2) is 20.7. The van der Waals surface area contributed by atoms with Crippen molar-refractivity contribution >= 4 is 33.6 Å². The number of nitrogens with zero attached hydrogens (tertiary/aromatic N) is 5. The molecule has 6 heterocycles. The first kappa shape index (κ1) is 45.9. The molecule has 0 unspecified atom stereocenters. The van der Waals surface area contributed by atoms with Gasteiger partial charge in [-0.25, -0.2) is 0 Å². The average molecular weight is 873 g/mol. The molecule has 64 heavy (non-hydrogen) atoms. The predicted molar refractivity (Wildman–Crippen MR) is 257 cm³/mol. The Kier molecular flexibility index (Phi) is 14.8. The zero-order valence-electron chi connectivity index (χ0n) is 39.6. The van der Waals surface area contributed by atoms with Crippen LogP contribution in [-0.2, 0) is 41.9 Å². The number of likely N-dealkylation sites (tertiary alicyclic amines) is 2. The van der Waals surface area contributed by atoms with E-state index in [-0.39, 0.29) is 17.9 Å². The fourth-order valence-corrected chi connectivity index (χ4v) is 10.4. The molecule has 0 atom stereocenters. The number of carbonyl (C=O) groups excluding carboxylic acids is 2. The highest BCUT2D eigenvalue weighted by Gasteiger charge is 2.29. The van der Waals surface area contributed by atoms with Gasteiger partial charge in [0.25, 0.3) is 11.8 Å². The highest BCUT2D eigenvalue weighted by atomic mass is 16.5. The van der Waals surface area contributed by atoms with Crippen LogP contribution < -0.4 is 4.74 Å². The highest BCUT2D eigenvalue weighted by molar-refractivity contribution is 6.00. The molecule has 0 bridgehead atoms. The molecule has 11 nitrogen and oxygen atoms in total. The van der Waals surface area contributed by atoms with Crippen LogP contribution >= 0.6 is 0 Å². The lowest BCUT2D eigenvalue weighted by atomic mass is 10.0. The number of aromatic amines is 1. The molecular weight excluding hydrogens is 801 g/mol. The SMILES string of the molecule is CCOC1CCN(C(=O)c2ccc3[nH]c4c(c3c2)CN(C(C)C)CC4)CC1.CCOc1ccc(Cn2c3c(c4cc(C(=O)N5CCC(OCC)CC5)ccc42)CN(C(C)C)CC3)cc1. The number of H-pyrrole nitrogens is 1. The molecule has 4 aliphatic heterocycles. The van der Waals surface area contributed by atoms with Crippen LogP contribution in [0.4, 0.5) is 0 Å². The monoisotopic (exact) mass is 873 g/mol. The maximum absolute atomic E-state index is 13.5. The number of nitrogens with one attached hydrogen (secondary N) is 1. The Morgan fingerprint density at radius 3 is 1.75 bits per heavy atom. The Labute approximate surface area is 381 Å². The molecule has 0 aliphatic carbocycles. The number of ether oxygens (including phenoxy) is 3. The summed E-state index contributed by atoms with van der Waals surface area (Å²) < 4.78 is 19.6. The van der Waals surface area contributed by atoms with Crippen molar-refractivity contribution in [3.63, 3.8) is 0 Å². The van der Waals surface area contributed by atoms with E-state index in [0.29, 0.717) is 24.8 Å². The third-order valence-corrected chi connectivity index (χ3v) is 14.1. The number of piperidine rings is 2. The number of hydrogen-bond acceptors (Lipinski definition) is 7. The summed E-state index contributed by atoms with van der Waals surface area (Å²) >= 11 is 0. The summed E-state index contributed by atoms with van der Waals surface area (Å²) in [6.07, 6.45) is 6.36. The van der Waals surface area contributed by atoms with E-state index < -0.39 is 0 Å². The summed E-state index contributed by atoms with van der Waals surface area (Å²) in [5.41, 5.74) is 10.7. The lowest BCUT2D eigenvalue weighted by Crippen LogP contribution is -2.40. The topological polar surface area (TPSA) is 95.5 Å². The van der Waals surface area contributed by atoms with Crippen molar-refractivity contribution < 1.29 is 23.8 Å². The molecule has 2 amide bonds. The van der Waals surface area contributed by atoms with E-state index in [1.807, 2.05) is 42.7 Å². The molecule has 2 aromatic heterocycles. The molecule has 0 saturated carbocycles. The number of carbonyl (C=O) groups is 2. The van der Waals surface area contributed by atoms with Crippen LogP contribution in [0.15, 0.2) is 60.7 Å². The van der Waals surface area contributed by atoms with Crippen LogP contribution in [-0.4, -0.2) is 124 Å². The highest BCUT2D eigenvalue weighted by Crippen LogP contribution is 2.34. The number of rotatable bonds is 12. The predicted octanol–water partition coefficient (Wildman–Crippen LogP) is 9.07. The van der Waals surface area contributed by atoms with Gasteiger partial charge in [0.15, 0.2) is 0 Å². The van der Waals surface area contributed by atoms with Gasteiger partial charge in [-0.05, 0) is 139 Å². The maximum atomic E-state index is 13.5. The molecule has 5 aromatic rings. The average Bonchev–Trinajstić information content (AvgIpc) is 3.83. The van der Waals surface area contributed by atoms with Gasteiger partial charge in [0.05, 0.1) is 18.8 Å². The van der Waals surface area contributed by atoms with Crippen LogP contribution in [0.3, 0.4) is 0 Å². The van der Waals surface area contributed by atoms with E-state index in [9.17, 15) is 9.59 Å². The van der Waals surface area contributed by atoms with Gasteiger partial charge in [-0.3, -0.25) is 19.4 Å². The molecule has 0 radical (unpaired) electrons. The van der Waals surface area contributed by atoms with Crippen LogP contribution in [0, 0.1) is 0 Å². The van der Waals surface area contributed by atoms with Crippen molar-refractivity contribution in [1.82, 2.24) is 29.2 Å². The minimum Gasteiger partial charge on any atom is -0.494 e. The smallest absolute Gasteiger partial charge is 0.253 e. The van der Waals surface area contributed by atoms with Gasteiger partial charge in [0, 0.05) is 141 Å². The zero-order chi connectivity index (χ0) is 44.9. The summed E-state index contributed by atoms with van der Waals surface area (Å²) in [6.45, 7) is 25.2. The first-order valence-electron chi connectivity index (χ1n) is 24.3. The summed E-state index contributed by atoms with van der Waals surface area (Å²) in [4.78, 5) is 39.1. The standard InChI is InChI=1S/C31H41N3O3.C22H31N3O2/c1-5-36-25-10-7-23(8-11-25)20-34-29-12-9-24(31(35)32-16-13-26(14-17-32)37-6-2)19-27(29)28-21-33(22(3)4)18-15-30(28)34;1-4-27-17-7-10-24(11-8-17)22(26)16-5-6-20-18(13-16)19-14-25(15(2)3)12-9-21(19)23-20/h7-12,19,22,26H,5-6,13-18,20-21H2,1-4H3;5-6,13,15,17,23H,4,7-12,14H2,1-3H3. The second-order valence-electron chi connectivity index (χ2n) is 18.7. The van der Waals surface area contributed by atoms with E-state index in [1.165, 1.54) is 44.4 Å². The van der Waals surface area contributed by atoms with Crippen molar-refractivity contribution in [2.45, 2.75) is 131 Å². The molecule has 9 rings (SSSR count). The van der Waals surface area contributed by atoms with Crippen molar-refractivity contribution in [2.24, 2.45) is 0 Å². The van der Waals surface area contributed by atoms with Gasteiger partial charge in [-0.1, -0.05) is 12.1 Å². The molecule has 344 valence electrons. The van der Waals surface area contributed by atoms with Crippen molar-refractivity contribution in [3.8, 4) is 5.75 Å². The van der Waals surface area contributed by atoms with Crippen LogP contribution in [0.25, 0.3) is 21.8 Å². The van der Waals surface area contributed by atoms with Crippen molar-refractivity contribution in [2.75, 3.05) is 59.1 Å². The minimum atomic E-state index is 0.140. The molecule has 0 spiro atoms. The number of fused-ring (bicyclic) bond motifs is 6. The van der Waals surface area contributed by atoms with Gasteiger partial charge < -0.3 is 33.6 Å². The normalized spacial score (nSPS) is 17.8.